The zero-order valence-corrected chi connectivity index (χ0v) is 10.7. The summed E-state index contributed by atoms with van der Waals surface area (Å²) in [4.78, 5) is 4.37. The molecule has 0 atom stereocenters. The van der Waals surface area contributed by atoms with Gasteiger partial charge in [-0.2, -0.15) is 0 Å². The number of fused-ring (bicyclic) bond motifs is 1. The molecule has 0 aliphatic rings. The molecule has 0 bridgehead atoms. The number of aromatic nitrogens is 1. The Bertz CT molecular complexity index is 470. The van der Waals surface area contributed by atoms with E-state index in [0.29, 0.717) is 0 Å². The Labute approximate surface area is 103 Å². The molecule has 78 valence electrons. The highest BCUT2D eigenvalue weighted by molar-refractivity contribution is 14.1. The van der Waals surface area contributed by atoms with Crippen LogP contribution in [0.3, 0.4) is 0 Å². The third-order valence-electron chi connectivity index (χ3n) is 2.14. The molecule has 1 aromatic heterocycles. The average molecular weight is 313 g/mol. The van der Waals surface area contributed by atoms with Gasteiger partial charge in [0.1, 0.15) is 11.3 Å². The first-order chi connectivity index (χ1) is 7.33. The Hall–Kier alpha value is -0.840. The average Bonchev–Trinajstić information content (AvgIpc) is 2.29. The molecular weight excluding hydrogens is 301 g/mol. The zero-order chi connectivity index (χ0) is 10.7. The number of ether oxygens (including phenoxy) is 1. The SMILES string of the molecule is CCCOc1ccc(I)c2cccnc12. The lowest BCUT2D eigenvalue weighted by Gasteiger charge is -2.08. The lowest BCUT2D eigenvalue weighted by Crippen LogP contribution is -1.97. The first-order valence-corrected chi connectivity index (χ1v) is 6.07. The van der Waals surface area contributed by atoms with Crippen LogP contribution in [0, 0.1) is 3.57 Å². The van der Waals surface area contributed by atoms with Gasteiger partial charge in [-0.05, 0) is 47.2 Å². The molecule has 2 aromatic rings. The summed E-state index contributed by atoms with van der Waals surface area (Å²) in [5, 5.41) is 1.16. The molecule has 0 aliphatic carbocycles. The summed E-state index contributed by atoms with van der Waals surface area (Å²) in [7, 11) is 0. The summed E-state index contributed by atoms with van der Waals surface area (Å²) in [6.07, 6.45) is 2.82. The van der Waals surface area contributed by atoms with Crippen molar-refractivity contribution in [3.8, 4) is 5.75 Å². The summed E-state index contributed by atoms with van der Waals surface area (Å²) < 4.78 is 6.87. The van der Waals surface area contributed by atoms with Crippen LogP contribution in [0.2, 0.25) is 0 Å². The molecule has 2 rings (SSSR count). The van der Waals surface area contributed by atoms with Gasteiger partial charge >= 0.3 is 0 Å². The highest BCUT2D eigenvalue weighted by Crippen LogP contribution is 2.27. The van der Waals surface area contributed by atoms with Crippen LogP contribution in [0.1, 0.15) is 13.3 Å². The van der Waals surface area contributed by atoms with Crippen LogP contribution in [-0.2, 0) is 0 Å². The van der Waals surface area contributed by atoms with Crippen LogP contribution in [0.4, 0.5) is 0 Å². The molecule has 0 fully saturated rings. The van der Waals surface area contributed by atoms with Crippen molar-refractivity contribution in [1.82, 2.24) is 4.98 Å². The van der Waals surface area contributed by atoms with Crippen LogP contribution >= 0.6 is 22.6 Å². The molecule has 0 amide bonds. The highest BCUT2D eigenvalue weighted by Gasteiger charge is 2.05. The van der Waals surface area contributed by atoms with Crippen LogP contribution in [0.15, 0.2) is 30.5 Å². The van der Waals surface area contributed by atoms with Crippen molar-refractivity contribution < 1.29 is 4.74 Å². The summed E-state index contributed by atoms with van der Waals surface area (Å²) in [6, 6.07) is 8.08. The summed E-state index contributed by atoms with van der Waals surface area (Å²) >= 11 is 2.32. The van der Waals surface area contributed by atoms with Gasteiger partial charge in [-0.1, -0.05) is 13.0 Å². The smallest absolute Gasteiger partial charge is 0.145 e. The number of hydrogen-bond acceptors (Lipinski definition) is 2. The largest absolute Gasteiger partial charge is 0.491 e. The second-order valence-electron chi connectivity index (χ2n) is 3.29. The topological polar surface area (TPSA) is 22.1 Å². The van der Waals surface area contributed by atoms with Gasteiger partial charge in [0.15, 0.2) is 0 Å². The second kappa shape index (κ2) is 4.79. The molecule has 1 aromatic carbocycles. The van der Waals surface area contributed by atoms with Gasteiger partial charge in [0.25, 0.3) is 0 Å². The van der Waals surface area contributed by atoms with Gasteiger partial charge in [-0.25, -0.2) is 0 Å². The van der Waals surface area contributed by atoms with Crippen molar-refractivity contribution in [2.45, 2.75) is 13.3 Å². The Morgan fingerprint density at radius 2 is 2.20 bits per heavy atom. The lowest BCUT2D eigenvalue weighted by molar-refractivity contribution is 0.320. The standard InChI is InChI=1S/C12H12INO/c1-2-8-15-11-6-5-10(13)9-4-3-7-14-12(9)11/h3-7H,2,8H2,1H3. The Balaban J connectivity index is 2.51. The molecule has 2 nitrogen and oxygen atoms in total. The van der Waals surface area contributed by atoms with E-state index in [0.717, 1.165) is 29.7 Å². The van der Waals surface area contributed by atoms with Crippen molar-refractivity contribution >= 4 is 33.5 Å². The van der Waals surface area contributed by atoms with E-state index in [9.17, 15) is 0 Å². The zero-order valence-electron chi connectivity index (χ0n) is 8.53. The van der Waals surface area contributed by atoms with Gasteiger partial charge in [-0.15, -0.1) is 0 Å². The molecule has 0 unspecified atom stereocenters. The van der Waals surface area contributed by atoms with E-state index < -0.39 is 0 Å². The summed E-state index contributed by atoms with van der Waals surface area (Å²) in [6.45, 7) is 2.84. The van der Waals surface area contributed by atoms with Crippen molar-refractivity contribution in [1.29, 1.82) is 0 Å². The third-order valence-corrected chi connectivity index (χ3v) is 3.08. The van der Waals surface area contributed by atoms with E-state index in [-0.39, 0.29) is 0 Å². The maximum atomic E-state index is 5.66. The molecule has 3 heteroatoms. The number of hydrogen-bond donors (Lipinski definition) is 0. The maximum absolute atomic E-state index is 5.66. The maximum Gasteiger partial charge on any atom is 0.145 e. The van der Waals surface area contributed by atoms with Crippen molar-refractivity contribution in [2.24, 2.45) is 0 Å². The molecule has 0 saturated heterocycles. The predicted molar refractivity (Wildman–Crippen MR) is 70.2 cm³/mol. The quantitative estimate of drug-likeness (QED) is 0.807. The van der Waals surface area contributed by atoms with Gasteiger partial charge in [0.2, 0.25) is 0 Å². The van der Waals surface area contributed by atoms with Gasteiger partial charge in [-0.3, -0.25) is 4.98 Å². The summed E-state index contributed by atoms with van der Waals surface area (Å²) in [5.74, 6) is 0.882. The van der Waals surface area contributed by atoms with E-state index >= 15 is 0 Å². The number of benzene rings is 1. The van der Waals surface area contributed by atoms with Gasteiger partial charge in [0, 0.05) is 15.2 Å². The molecular formula is C12H12INO. The molecule has 0 saturated carbocycles. The molecule has 0 radical (unpaired) electrons. The second-order valence-corrected chi connectivity index (χ2v) is 4.46. The van der Waals surface area contributed by atoms with Crippen molar-refractivity contribution in [3.05, 3.63) is 34.0 Å². The lowest BCUT2D eigenvalue weighted by atomic mass is 10.2. The predicted octanol–water partition coefficient (Wildman–Crippen LogP) is 3.63. The Kier molecular flexibility index (Phi) is 3.41. The first-order valence-electron chi connectivity index (χ1n) is 4.99. The van der Waals surface area contributed by atoms with E-state index in [4.69, 9.17) is 4.74 Å². The Morgan fingerprint density at radius 1 is 1.33 bits per heavy atom. The van der Waals surface area contributed by atoms with Crippen molar-refractivity contribution in [3.63, 3.8) is 0 Å². The van der Waals surface area contributed by atoms with Crippen LogP contribution in [-0.4, -0.2) is 11.6 Å². The van der Waals surface area contributed by atoms with Gasteiger partial charge in [0.05, 0.1) is 6.61 Å². The minimum absolute atomic E-state index is 0.742. The molecule has 0 spiro atoms. The van der Waals surface area contributed by atoms with E-state index in [1.54, 1.807) is 6.20 Å². The van der Waals surface area contributed by atoms with E-state index in [2.05, 4.69) is 46.6 Å². The number of rotatable bonds is 3. The van der Waals surface area contributed by atoms with Crippen molar-refractivity contribution in [2.75, 3.05) is 6.61 Å². The first kappa shape index (κ1) is 10.7. The number of pyridine rings is 1. The van der Waals surface area contributed by atoms with Crippen LogP contribution in [0.25, 0.3) is 10.9 Å². The molecule has 15 heavy (non-hydrogen) atoms. The van der Waals surface area contributed by atoms with E-state index in [1.807, 2.05) is 12.1 Å². The molecule has 0 N–H and O–H groups in total. The van der Waals surface area contributed by atoms with E-state index in [1.165, 1.54) is 3.57 Å². The fourth-order valence-electron chi connectivity index (χ4n) is 1.44. The summed E-state index contributed by atoms with van der Waals surface area (Å²) in [5.41, 5.74) is 0.956. The monoisotopic (exact) mass is 313 g/mol. The fraction of sp³-hybridized carbons (Fsp3) is 0.250. The Morgan fingerprint density at radius 3 is 3.00 bits per heavy atom. The van der Waals surface area contributed by atoms with Crippen LogP contribution in [0.5, 0.6) is 5.75 Å². The molecule has 0 aliphatic heterocycles. The normalized spacial score (nSPS) is 10.5. The number of nitrogens with zero attached hydrogens (tertiary/aromatic N) is 1. The minimum atomic E-state index is 0.742. The highest BCUT2D eigenvalue weighted by atomic mass is 127. The molecule has 1 heterocycles. The minimum Gasteiger partial charge on any atom is -0.491 e. The van der Waals surface area contributed by atoms with Gasteiger partial charge < -0.3 is 4.74 Å². The number of halogens is 1. The van der Waals surface area contributed by atoms with Crippen LogP contribution < -0.4 is 4.74 Å². The third kappa shape index (κ3) is 2.22. The fourth-order valence-corrected chi connectivity index (χ4v) is 2.06.